The third-order valence-electron chi connectivity index (χ3n) is 5.71. The molecule has 5 rings (SSSR count). The third kappa shape index (κ3) is 3.67. The van der Waals surface area contributed by atoms with Gasteiger partial charge >= 0.3 is 0 Å². The lowest BCUT2D eigenvalue weighted by atomic mass is 9.89. The first-order valence-electron chi connectivity index (χ1n) is 10.4. The Bertz CT molecular complexity index is 1030. The molecule has 29 heavy (non-hydrogen) atoms. The van der Waals surface area contributed by atoms with Crippen molar-refractivity contribution in [2.75, 3.05) is 26.7 Å². The maximum Gasteiger partial charge on any atom is 0.259 e. The van der Waals surface area contributed by atoms with Gasteiger partial charge in [0.15, 0.2) is 5.82 Å². The Hall–Kier alpha value is -2.32. The molecule has 1 saturated carbocycles. The minimum absolute atomic E-state index is 0.0761. The van der Waals surface area contributed by atoms with Crippen LogP contribution in [-0.4, -0.2) is 51.9 Å². The number of nitrogens with zero attached hydrogens (tertiary/aromatic N) is 5. The van der Waals surface area contributed by atoms with Gasteiger partial charge in [0.05, 0.1) is 22.7 Å². The van der Waals surface area contributed by atoms with Crippen LogP contribution in [0.4, 0.5) is 0 Å². The van der Waals surface area contributed by atoms with Crippen molar-refractivity contribution in [2.45, 2.75) is 52.0 Å². The normalized spacial score (nSPS) is 21.2. The van der Waals surface area contributed by atoms with Gasteiger partial charge in [0, 0.05) is 31.2 Å². The molecule has 4 heterocycles. The van der Waals surface area contributed by atoms with Gasteiger partial charge in [-0.3, -0.25) is 4.90 Å². The molecule has 0 radical (unpaired) electrons. The molecule has 3 aromatic heterocycles. The highest BCUT2D eigenvalue weighted by Crippen LogP contribution is 2.42. The Labute approximate surface area is 170 Å². The lowest BCUT2D eigenvalue weighted by Gasteiger charge is -2.30. The first-order chi connectivity index (χ1) is 13.9. The maximum absolute atomic E-state index is 5.76. The highest BCUT2D eigenvalue weighted by Gasteiger charge is 2.31. The van der Waals surface area contributed by atoms with Gasteiger partial charge in [-0.15, -0.1) is 0 Å². The van der Waals surface area contributed by atoms with Gasteiger partial charge in [0.2, 0.25) is 0 Å². The van der Waals surface area contributed by atoms with E-state index in [0.29, 0.717) is 23.3 Å². The fraction of sp³-hybridized carbons (Fsp3) is 0.619. The molecule has 8 nitrogen and oxygen atoms in total. The minimum Gasteiger partial charge on any atom is -0.336 e. The summed E-state index contributed by atoms with van der Waals surface area (Å²) < 4.78 is 11.4. The molecule has 2 fully saturated rings. The zero-order chi connectivity index (χ0) is 20.2. The van der Waals surface area contributed by atoms with E-state index < -0.39 is 0 Å². The molecule has 3 aromatic rings. The Kier molecular flexibility index (Phi) is 4.43. The fourth-order valence-electron chi connectivity index (χ4n) is 3.98. The van der Waals surface area contributed by atoms with Crippen LogP contribution < -0.4 is 5.32 Å². The van der Waals surface area contributed by atoms with Crippen LogP contribution in [0.5, 0.6) is 0 Å². The SMILES string of the molecule is CN1CCNCC1c1noc(-c2cc(C3CC3)nc3onc(CC(C)(C)C)c23)n1. The molecule has 154 valence electrons. The Morgan fingerprint density at radius 1 is 1.17 bits per heavy atom. The van der Waals surface area contributed by atoms with Crippen molar-refractivity contribution in [3.05, 3.63) is 23.3 Å². The first kappa shape index (κ1) is 18.7. The second kappa shape index (κ2) is 6.88. The second-order valence-corrected chi connectivity index (χ2v) is 9.57. The van der Waals surface area contributed by atoms with Gasteiger partial charge in [-0.1, -0.05) is 31.1 Å². The van der Waals surface area contributed by atoms with Crippen molar-refractivity contribution in [3.63, 3.8) is 0 Å². The second-order valence-electron chi connectivity index (χ2n) is 9.57. The number of fused-ring (bicyclic) bond motifs is 1. The number of hydrogen-bond donors (Lipinski definition) is 1. The lowest BCUT2D eigenvalue weighted by Crippen LogP contribution is -2.44. The maximum atomic E-state index is 5.76. The minimum atomic E-state index is 0.0761. The highest BCUT2D eigenvalue weighted by atomic mass is 16.5. The van der Waals surface area contributed by atoms with Gasteiger partial charge in [0.1, 0.15) is 0 Å². The van der Waals surface area contributed by atoms with Gasteiger partial charge < -0.3 is 14.4 Å². The molecule has 1 saturated heterocycles. The summed E-state index contributed by atoms with van der Waals surface area (Å²) in [6.45, 7) is 9.32. The molecule has 0 spiro atoms. The van der Waals surface area contributed by atoms with Crippen LogP contribution in [0.1, 0.15) is 62.8 Å². The number of rotatable bonds is 4. The molecule has 1 aliphatic heterocycles. The highest BCUT2D eigenvalue weighted by molar-refractivity contribution is 5.91. The van der Waals surface area contributed by atoms with Gasteiger partial charge in [-0.25, -0.2) is 4.98 Å². The molecule has 1 unspecified atom stereocenters. The number of likely N-dealkylation sites (N-methyl/N-ethyl adjacent to an activating group) is 1. The van der Waals surface area contributed by atoms with Gasteiger partial charge in [0.25, 0.3) is 11.6 Å². The topological polar surface area (TPSA) is 93.1 Å². The molecule has 2 aliphatic rings. The van der Waals surface area contributed by atoms with Crippen LogP contribution in [0.3, 0.4) is 0 Å². The number of pyridine rings is 1. The summed E-state index contributed by atoms with van der Waals surface area (Å²) in [6, 6.07) is 2.21. The number of hydrogen-bond acceptors (Lipinski definition) is 8. The van der Waals surface area contributed by atoms with E-state index in [0.717, 1.165) is 61.2 Å². The third-order valence-corrected chi connectivity index (χ3v) is 5.71. The van der Waals surface area contributed by atoms with Crippen molar-refractivity contribution >= 4 is 11.1 Å². The van der Waals surface area contributed by atoms with E-state index in [-0.39, 0.29) is 11.5 Å². The number of nitrogens with one attached hydrogen (secondary N) is 1. The van der Waals surface area contributed by atoms with Crippen molar-refractivity contribution in [1.82, 2.24) is 30.5 Å². The predicted molar refractivity (Wildman–Crippen MR) is 108 cm³/mol. The monoisotopic (exact) mass is 396 g/mol. The molecule has 1 aliphatic carbocycles. The van der Waals surface area contributed by atoms with E-state index in [1.54, 1.807) is 0 Å². The molecular formula is C21H28N6O2. The van der Waals surface area contributed by atoms with E-state index in [1.165, 1.54) is 0 Å². The number of piperazine rings is 1. The average molecular weight is 396 g/mol. The molecule has 1 atom stereocenters. The molecule has 0 bridgehead atoms. The van der Waals surface area contributed by atoms with Crippen LogP contribution in [0, 0.1) is 5.41 Å². The summed E-state index contributed by atoms with van der Waals surface area (Å²) in [7, 11) is 2.10. The smallest absolute Gasteiger partial charge is 0.259 e. The van der Waals surface area contributed by atoms with E-state index >= 15 is 0 Å². The average Bonchev–Trinajstić information content (AvgIpc) is 3.28. The molecule has 0 aromatic carbocycles. The largest absolute Gasteiger partial charge is 0.336 e. The van der Waals surface area contributed by atoms with Crippen LogP contribution in [0.15, 0.2) is 15.1 Å². The standard InChI is InChI=1S/C21H28N6O2/c1-21(2,3)10-15-17-13(9-14(12-5-6-12)23-20(17)29-25-15)19-24-18(26-28-19)16-11-22-7-8-27(16)4/h9,12,16,22H,5-8,10-11H2,1-4H3. The summed E-state index contributed by atoms with van der Waals surface area (Å²) in [4.78, 5) is 11.8. The zero-order valence-corrected chi connectivity index (χ0v) is 17.5. The summed E-state index contributed by atoms with van der Waals surface area (Å²) in [5, 5.41) is 13.0. The Morgan fingerprint density at radius 2 is 2.00 bits per heavy atom. The van der Waals surface area contributed by atoms with Gasteiger partial charge in [-0.05, 0) is 37.8 Å². The Morgan fingerprint density at radius 3 is 2.72 bits per heavy atom. The van der Waals surface area contributed by atoms with E-state index in [9.17, 15) is 0 Å². The van der Waals surface area contributed by atoms with Crippen LogP contribution >= 0.6 is 0 Å². The van der Waals surface area contributed by atoms with Crippen molar-refractivity contribution < 1.29 is 9.05 Å². The van der Waals surface area contributed by atoms with E-state index in [1.807, 2.05) is 0 Å². The summed E-state index contributed by atoms with van der Waals surface area (Å²) in [6.07, 6.45) is 3.11. The quantitative estimate of drug-likeness (QED) is 0.718. The lowest BCUT2D eigenvalue weighted by molar-refractivity contribution is 0.190. The summed E-state index contributed by atoms with van der Waals surface area (Å²) in [5.41, 5.74) is 3.46. The molecular weight excluding hydrogens is 368 g/mol. The zero-order valence-electron chi connectivity index (χ0n) is 17.5. The van der Waals surface area contributed by atoms with Crippen LogP contribution in [0.2, 0.25) is 0 Å². The van der Waals surface area contributed by atoms with Gasteiger partial charge in [-0.2, -0.15) is 4.98 Å². The van der Waals surface area contributed by atoms with E-state index in [2.05, 4.69) is 54.4 Å². The van der Waals surface area contributed by atoms with Crippen LogP contribution in [-0.2, 0) is 6.42 Å². The summed E-state index contributed by atoms with van der Waals surface area (Å²) >= 11 is 0. The molecule has 0 amide bonds. The van der Waals surface area contributed by atoms with Crippen LogP contribution in [0.25, 0.3) is 22.6 Å². The van der Waals surface area contributed by atoms with Crippen molar-refractivity contribution in [3.8, 4) is 11.5 Å². The molecule has 1 N–H and O–H groups in total. The van der Waals surface area contributed by atoms with Crippen molar-refractivity contribution in [2.24, 2.45) is 5.41 Å². The molecule has 8 heteroatoms. The van der Waals surface area contributed by atoms with E-state index in [4.69, 9.17) is 19.0 Å². The van der Waals surface area contributed by atoms with Crippen molar-refractivity contribution in [1.29, 1.82) is 0 Å². The Balaban J connectivity index is 1.60. The fourth-order valence-corrected chi connectivity index (χ4v) is 3.98. The predicted octanol–water partition coefficient (Wildman–Crippen LogP) is 3.31. The summed E-state index contributed by atoms with van der Waals surface area (Å²) in [5.74, 6) is 1.72. The number of aromatic nitrogens is 4. The first-order valence-corrected chi connectivity index (χ1v) is 10.4.